The second-order valence-corrected chi connectivity index (χ2v) is 6.76. The van der Waals surface area contributed by atoms with Gasteiger partial charge < -0.3 is 9.80 Å². The molecule has 4 rings (SSSR count). The van der Waals surface area contributed by atoms with Crippen LogP contribution in [0.5, 0.6) is 0 Å². The summed E-state index contributed by atoms with van der Waals surface area (Å²) in [4.78, 5) is 19.6. The van der Waals surface area contributed by atoms with E-state index in [0.29, 0.717) is 6.04 Å². The Bertz CT molecular complexity index is 965. The fourth-order valence-electron chi connectivity index (χ4n) is 3.61. The van der Waals surface area contributed by atoms with E-state index in [1.807, 2.05) is 31.3 Å². The van der Waals surface area contributed by atoms with Gasteiger partial charge in [-0.3, -0.25) is 10.1 Å². The molecule has 1 aromatic carbocycles. The zero-order valence-electron chi connectivity index (χ0n) is 15.0. The Morgan fingerprint density at radius 2 is 2.19 bits per heavy atom. The molecule has 8 heteroatoms. The van der Waals surface area contributed by atoms with Crippen molar-refractivity contribution >= 4 is 28.2 Å². The van der Waals surface area contributed by atoms with Gasteiger partial charge in [-0.15, -0.1) is 5.10 Å². The zero-order chi connectivity index (χ0) is 18.8. The average molecular weight is 364 g/mol. The molecule has 8 nitrogen and oxygen atoms in total. The van der Waals surface area contributed by atoms with Crippen LogP contribution in [0.3, 0.4) is 0 Å². The number of likely N-dealkylation sites (N-methyl/N-ethyl adjacent to an activating group) is 1. The molecule has 1 unspecified atom stereocenters. The standard InChI is InChI=1S/C19H20N6O2/c1-23(13-16-4-3-11-24(16)19-5-2-10-20-22-19)18-9-6-14-12-15(25(26)27)7-8-17(14)21-18/h2,5-10,12,16H,3-4,11,13H2,1H3. The molecule has 0 aliphatic carbocycles. The van der Waals surface area contributed by atoms with E-state index in [9.17, 15) is 10.1 Å². The second kappa shape index (κ2) is 7.14. The summed E-state index contributed by atoms with van der Waals surface area (Å²) >= 11 is 0. The molecule has 0 radical (unpaired) electrons. The lowest BCUT2D eigenvalue weighted by Crippen LogP contribution is -2.39. The molecule has 0 spiro atoms. The molecule has 3 heterocycles. The summed E-state index contributed by atoms with van der Waals surface area (Å²) < 4.78 is 0. The van der Waals surface area contributed by atoms with Crippen molar-refractivity contribution in [1.82, 2.24) is 15.2 Å². The first-order valence-corrected chi connectivity index (χ1v) is 8.92. The van der Waals surface area contributed by atoms with Gasteiger partial charge in [0.05, 0.1) is 10.4 Å². The fraction of sp³-hybridized carbons (Fsp3) is 0.316. The summed E-state index contributed by atoms with van der Waals surface area (Å²) in [6.07, 6.45) is 3.91. The van der Waals surface area contributed by atoms with Gasteiger partial charge in [0.15, 0.2) is 5.82 Å². The van der Waals surface area contributed by atoms with Gasteiger partial charge in [-0.05, 0) is 43.2 Å². The number of anilines is 2. The van der Waals surface area contributed by atoms with E-state index >= 15 is 0 Å². The van der Waals surface area contributed by atoms with Gasteiger partial charge in [0.2, 0.25) is 0 Å². The predicted octanol–water partition coefficient (Wildman–Crippen LogP) is 3.04. The molecule has 1 aliphatic heterocycles. The van der Waals surface area contributed by atoms with Crippen LogP contribution in [0.1, 0.15) is 12.8 Å². The summed E-state index contributed by atoms with van der Waals surface area (Å²) in [5, 5.41) is 19.9. The Hall–Kier alpha value is -3.29. The number of non-ortho nitro benzene ring substituents is 1. The van der Waals surface area contributed by atoms with E-state index in [2.05, 4.69) is 25.0 Å². The monoisotopic (exact) mass is 364 g/mol. The molecule has 138 valence electrons. The largest absolute Gasteiger partial charge is 0.358 e. The molecule has 0 amide bonds. The van der Waals surface area contributed by atoms with Crippen molar-refractivity contribution in [2.24, 2.45) is 0 Å². The van der Waals surface area contributed by atoms with Gasteiger partial charge in [-0.1, -0.05) is 0 Å². The number of nitro groups is 1. The van der Waals surface area contributed by atoms with E-state index < -0.39 is 0 Å². The lowest BCUT2D eigenvalue weighted by molar-refractivity contribution is -0.384. The molecule has 0 N–H and O–H groups in total. The minimum absolute atomic E-state index is 0.0796. The summed E-state index contributed by atoms with van der Waals surface area (Å²) in [5.41, 5.74) is 0.832. The summed E-state index contributed by atoms with van der Waals surface area (Å²) in [5.74, 6) is 1.76. The maximum atomic E-state index is 10.9. The maximum absolute atomic E-state index is 10.9. The molecule has 1 fully saturated rings. The molecule has 3 aromatic rings. The Morgan fingerprint density at radius 3 is 2.96 bits per heavy atom. The number of rotatable bonds is 5. The molecule has 0 bridgehead atoms. The summed E-state index contributed by atoms with van der Waals surface area (Å²) in [6, 6.07) is 12.8. The first-order valence-electron chi connectivity index (χ1n) is 8.92. The molecule has 2 aromatic heterocycles. The van der Waals surface area contributed by atoms with Crippen molar-refractivity contribution in [3.05, 3.63) is 58.8 Å². The average Bonchev–Trinajstić information content (AvgIpc) is 3.15. The Kier molecular flexibility index (Phi) is 4.53. The van der Waals surface area contributed by atoms with Crippen molar-refractivity contribution in [2.45, 2.75) is 18.9 Å². The number of pyridine rings is 1. The van der Waals surface area contributed by atoms with Crippen LogP contribution in [0.4, 0.5) is 17.3 Å². The van der Waals surface area contributed by atoms with Crippen molar-refractivity contribution in [1.29, 1.82) is 0 Å². The third-order valence-corrected chi connectivity index (χ3v) is 4.97. The summed E-state index contributed by atoms with van der Waals surface area (Å²) in [6.45, 7) is 1.80. The number of benzene rings is 1. The normalized spacial score (nSPS) is 16.6. The van der Waals surface area contributed by atoms with Gasteiger partial charge in [0.25, 0.3) is 5.69 Å². The van der Waals surface area contributed by atoms with Crippen molar-refractivity contribution in [2.75, 3.05) is 29.9 Å². The van der Waals surface area contributed by atoms with E-state index in [-0.39, 0.29) is 10.6 Å². The van der Waals surface area contributed by atoms with Crippen LogP contribution in [-0.2, 0) is 0 Å². The maximum Gasteiger partial charge on any atom is 0.270 e. The van der Waals surface area contributed by atoms with Crippen molar-refractivity contribution in [3.8, 4) is 0 Å². The van der Waals surface area contributed by atoms with E-state index in [4.69, 9.17) is 0 Å². The number of nitro benzene ring substituents is 1. The van der Waals surface area contributed by atoms with Crippen LogP contribution < -0.4 is 9.80 Å². The molecule has 0 saturated carbocycles. The van der Waals surface area contributed by atoms with Gasteiger partial charge >= 0.3 is 0 Å². The van der Waals surface area contributed by atoms with Gasteiger partial charge in [0.1, 0.15) is 5.82 Å². The lowest BCUT2D eigenvalue weighted by atomic mass is 10.2. The summed E-state index contributed by atoms with van der Waals surface area (Å²) in [7, 11) is 2.02. The van der Waals surface area contributed by atoms with E-state index in [0.717, 1.165) is 48.5 Å². The quantitative estimate of drug-likeness (QED) is 0.508. The smallest absolute Gasteiger partial charge is 0.270 e. The molecular formula is C19H20N6O2. The predicted molar refractivity (Wildman–Crippen MR) is 104 cm³/mol. The lowest BCUT2D eigenvalue weighted by Gasteiger charge is -2.29. The highest BCUT2D eigenvalue weighted by molar-refractivity contribution is 5.82. The first kappa shape index (κ1) is 17.1. The SMILES string of the molecule is CN(CC1CCCN1c1cccnn1)c1ccc2cc([N+](=O)[O-])ccc2n1. The second-order valence-electron chi connectivity index (χ2n) is 6.76. The van der Waals surface area contributed by atoms with Gasteiger partial charge in [-0.2, -0.15) is 5.10 Å². The van der Waals surface area contributed by atoms with Crippen LogP contribution >= 0.6 is 0 Å². The van der Waals surface area contributed by atoms with Crippen molar-refractivity contribution < 1.29 is 4.92 Å². The minimum Gasteiger partial charge on any atom is -0.358 e. The van der Waals surface area contributed by atoms with Crippen LogP contribution in [0.25, 0.3) is 10.9 Å². The Balaban J connectivity index is 1.53. The number of hydrogen-bond donors (Lipinski definition) is 0. The Morgan fingerprint density at radius 1 is 1.30 bits per heavy atom. The minimum atomic E-state index is -0.388. The molecule has 27 heavy (non-hydrogen) atoms. The zero-order valence-corrected chi connectivity index (χ0v) is 15.0. The molecule has 1 saturated heterocycles. The number of fused-ring (bicyclic) bond motifs is 1. The third-order valence-electron chi connectivity index (χ3n) is 4.97. The number of nitrogens with zero attached hydrogens (tertiary/aromatic N) is 6. The van der Waals surface area contributed by atoms with Gasteiger partial charge in [0, 0.05) is 49.9 Å². The first-order chi connectivity index (χ1) is 13.1. The highest BCUT2D eigenvalue weighted by Gasteiger charge is 2.27. The molecule has 1 aliphatic rings. The third kappa shape index (κ3) is 3.51. The topological polar surface area (TPSA) is 88.3 Å². The number of aromatic nitrogens is 3. The Labute approximate surface area is 156 Å². The van der Waals surface area contributed by atoms with Crippen LogP contribution in [0, 0.1) is 10.1 Å². The highest BCUT2D eigenvalue weighted by atomic mass is 16.6. The molecule has 1 atom stereocenters. The van der Waals surface area contributed by atoms with Crippen LogP contribution in [0.2, 0.25) is 0 Å². The van der Waals surface area contributed by atoms with Crippen LogP contribution in [-0.4, -0.2) is 46.3 Å². The number of hydrogen-bond acceptors (Lipinski definition) is 7. The van der Waals surface area contributed by atoms with E-state index in [1.54, 1.807) is 18.3 Å². The molecular weight excluding hydrogens is 344 g/mol. The highest BCUT2D eigenvalue weighted by Crippen LogP contribution is 2.26. The van der Waals surface area contributed by atoms with Gasteiger partial charge in [-0.25, -0.2) is 4.98 Å². The van der Waals surface area contributed by atoms with Crippen molar-refractivity contribution in [3.63, 3.8) is 0 Å². The van der Waals surface area contributed by atoms with Crippen LogP contribution in [0.15, 0.2) is 48.7 Å². The van der Waals surface area contributed by atoms with E-state index in [1.165, 1.54) is 6.07 Å². The fourth-order valence-corrected chi connectivity index (χ4v) is 3.61.